The maximum atomic E-state index is 12.2. The van der Waals surface area contributed by atoms with E-state index in [9.17, 15) is 4.79 Å². The van der Waals surface area contributed by atoms with Gasteiger partial charge in [0.1, 0.15) is 6.04 Å². The second kappa shape index (κ2) is 7.58. The summed E-state index contributed by atoms with van der Waals surface area (Å²) in [5.74, 6) is 0.0653. The standard InChI is InChI=1S/C18H24N4O/c19-11-17-7-4-9-22(17)18(23)12-20-16-8-10-21(14-16)13-15-5-2-1-3-6-15/h1-3,5-6,16-17,20H,4,7-10,12-14H2/t16-,17+/m1/s1. The Kier molecular flexibility index (Phi) is 5.27. The van der Waals surface area contributed by atoms with Gasteiger partial charge in [0, 0.05) is 32.2 Å². The Hall–Kier alpha value is -1.90. The van der Waals surface area contributed by atoms with Crippen molar-refractivity contribution < 1.29 is 4.79 Å². The normalized spacial score (nSPS) is 24.7. The number of hydrogen-bond acceptors (Lipinski definition) is 4. The Morgan fingerprint density at radius 1 is 1.26 bits per heavy atom. The zero-order valence-corrected chi connectivity index (χ0v) is 13.4. The van der Waals surface area contributed by atoms with Gasteiger partial charge in [-0.2, -0.15) is 5.26 Å². The zero-order chi connectivity index (χ0) is 16.1. The molecule has 1 aromatic carbocycles. The third-order valence-corrected chi connectivity index (χ3v) is 4.79. The first kappa shape index (κ1) is 16.0. The van der Waals surface area contributed by atoms with Crippen LogP contribution in [0.4, 0.5) is 0 Å². The summed E-state index contributed by atoms with van der Waals surface area (Å²) in [4.78, 5) is 16.4. The molecule has 5 heteroatoms. The number of likely N-dealkylation sites (tertiary alicyclic amines) is 2. The lowest BCUT2D eigenvalue weighted by atomic mass is 10.2. The maximum absolute atomic E-state index is 12.2. The minimum absolute atomic E-state index is 0.0653. The van der Waals surface area contributed by atoms with Gasteiger partial charge in [0.15, 0.2) is 0 Å². The average Bonchev–Trinajstić information content (AvgIpc) is 3.22. The monoisotopic (exact) mass is 312 g/mol. The van der Waals surface area contributed by atoms with Crippen molar-refractivity contribution in [2.24, 2.45) is 0 Å². The van der Waals surface area contributed by atoms with Crippen LogP contribution < -0.4 is 5.32 Å². The summed E-state index contributed by atoms with van der Waals surface area (Å²) in [5, 5.41) is 12.4. The van der Waals surface area contributed by atoms with E-state index in [0.29, 0.717) is 12.6 Å². The quantitative estimate of drug-likeness (QED) is 0.892. The van der Waals surface area contributed by atoms with Crippen LogP contribution in [0.1, 0.15) is 24.8 Å². The van der Waals surface area contributed by atoms with Crippen LogP contribution in [-0.2, 0) is 11.3 Å². The molecule has 2 saturated heterocycles. The van der Waals surface area contributed by atoms with Crippen LogP contribution in [0.3, 0.4) is 0 Å². The molecule has 0 saturated carbocycles. The molecule has 1 aromatic rings. The topological polar surface area (TPSA) is 59.4 Å². The highest BCUT2D eigenvalue weighted by molar-refractivity contribution is 5.79. The Morgan fingerprint density at radius 2 is 2.09 bits per heavy atom. The highest BCUT2D eigenvalue weighted by Crippen LogP contribution is 2.17. The molecule has 1 N–H and O–H groups in total. The summed E-state index contributed by atoms with van der Waals surface area (Å²) in [7, 11) is 0. The zero-order valence-electron chi connectivity index (χ0n) is 13.4. The van der Waals surface area contributed by atoms with Crippen molar-refractivity contribution >= 4 is 5.91 Å². The number of nitrogens with one attached hydrogen (secondary N) is 1. The Morgan fingerprint density at radius 3 is 2.87 bits per heavy atom. The van der Waals surface area contributed by atoms with E-state index in [-0.39, 0.29) is 11.9 Å². The van der Waals surface area contributed by atoms with E-state index in [2.05, 4.69) is 40.6 Å². The number of amides is 1. The molecule has 0 bridgehead atoms. The van der Waals surface area contributed by atoms with Crippen molar-refractivity contribution in [3.63, 3.8) is 0 Å². The third-order valence-electron chi connectivity index (χ3n) is 4.79. The third kappa shape index (κ3) is 4.10. The minimum Gasteiger partial charge on any atom is -0.326 e. The minimum atomic E-state index is -0.220. The second-order valence-corrected chi connectivity index (χ2v) is 6.46. The van der Waals surface area contributed by atoms with Crippen LogP contribution in [0.15, 0.2) is 30.3 Å². The van der Waals surface area contributed by atoms with Gasteiger partial charge in [-0.15, -0.1) is 0 Å². The average molecular weight is 312 g/mol. The number of nitriles is 1. The molecule has 5 nitrogen and oxygen atoms in total. The number of hydrogen-bond donors (Lipinski definition) is 1. The number of carbonyl (C=O) groups is 1. The summed E-state index contributed by atoms with van der Waals surface area (Å²) < 4.78 is 0. The van der Waals surface area contributed by atoms with Gasteiger partial charge in [-0.1, -0.05) is 30.3 Å². The molecule has 122 valence electrons. The molecule has 2 aliphatic heterocycles. The van der Waals surface area contributed by atoms with Crippen molar-refractivity contribution in [1.82, 2.24) is 15.1 Å². The maximum Gasteiger partial charge on any atom is 0.237 e. The predicted molar refractivity (Wildman–Crippen MR) is 88.5 cm³/mol. The number of rotatable bonds is 5. The molecule has 2 heterocycles. The largest absolute Gasteiger partial charge is 0.326 e. The van der Waals surface area contributed by atoms with Gasteiger partial charge < -0.3 is 10.2 Å². The molecule has 23 heavy (non-hydrogen) atoms. The first-order valence-corrected chi connectivity index (χ1v) is 8.45. The number of carbonyl (C=O) groups excluding carboxylic acids is 1. The summed E-state index contributed by atoms with van der Waals surface area (Å²) in [6.07, 6.45) is 2.83. The molecule has 0 unspecified atom stereocenters. The van der Waals surface area contributed by atoms with Crippen molar-refractivity contribution in [1.29, 1.82) is 5.26 Å². The van der Waals surface area contributed by atoms with Gasteiger partial charge >= 0.3 is 0 Å². The fourth-order valence-corrected chi connectivity index (χ4v) is 3.52. The van der Waals surface area contributed by atoms with Crippen LogP contribution in [0.25, 0.3) is 0 Å². The van der Waals surface area contributed by atoms with Gasteiger partial charge in [0.2, 0.25) is 5.91 Å². The van der Waals surface area contributed by atoms with Gasteiger partial charge in [-0.25, -0.2) is 0 Å². The van der Waals surface area contributed by atoms with E-state index >= 15 is 0 Å². The second-order valence-electron chi connectivity index (χ2n) is 6.46. The van der Waals surface area contributed by atoms with Gasteiger partial charge in [0.25, 0.3) is 0 Å². The molecule has 2 atom stereocenters. The smallest absolute Gasteiger partial charge is 0.237 e. The molecule has 0 aliphatic carbocycles. The molecule has 0 radical (unpaired) electrons. The van der Waals surface area contributed by atoms with Gasteiger partial charge in [-0.05, 0) is 24.8 Å². The molecule has 0 aromatic heterocycles. The van der Waals surface area contributed by atoms with Crippen molar-refractivity contribution in [2.45, 2.75) is 37.9 Å². The SMILES string of the molecule is N#C[C@@H]1CCCN1C(=O)CN[C@@H]1CCN(Cc2ccccc2)C1. The Balaban J connectivity index is 1.42. The number of nitrogens with zero attached hydrogens (tertiary/aromatic N) is 3. The Bertz CT molecular complexity index is 568. The fourth-order valence-electron chi connectivity index (χ4n) is 3.52. The first-order chi connectivity index (χ1) is 11.3. The lowest BCUT2D eigenvalue weighted by Crippen LogP contribution is -2.44. The molecule has 2 aliphatic rings. The van der Waals surface area contributed by atoms with Crippen LogP contribution in [0, 0.1) is 11.3 Å². The van der Waals surface area contributed by atoms with E-state index in [0.717, 1.165) is 45.4 Å². The number of benzene rings is 1. The van der Waals surface area contributed by atoms with Crippen molar-refractivity contribution in [2.75, 3.05) is 26.2 Å². The summed E-state index contributed by atoms with van der Waals surface area (Å²) in [5.41, 5.74) is 1.33. The Labute approximate surface area is 137 Å². The van der Waals surface area contributed by atoms with E-state index in [1.54, 1.807) is 4.90 Å². The van der Waals surface area contributed by atoms with Gasteiger partial charge in [-0.3, -0.25) is 9.69 Å². The fraction of sp³-hybridized carbons (Fsp3) is 0.556. The lowest BCUT2D eigenvalue weighted by Gasteiger charge is -2.21. The van der Waals surface area contributed by atoms with Crippen LogP contribution in [-0.4, -0.2) is 54.0 Å². The molecule has 1 amide bonds. The van der Waals surface area contributed by atoms with Gasteiger partial charge in [0.05, 0.1) is 12.6 Å². The lowest BCUT2D eigenvalue weighted by molar-refractivity contribution is -0.130. The summed E-state index contributed by atoms with van der Waals surface area (Å²) >= 11 is 0. The first-order valence-electron chi connectivity index (χ1n) is 8.45. The molecular formula is C18H24N4O. The molecule has 0 spiro atoms. The van der Waals surface area contributed by atoms with Crippen molar-refractivity contribution in [3.05, 3.63) is 35.9 Å². The molecule has 2 fully saturated rings. The van der Waals surface area contributed by atoms with Crippen molar-refractivity contribution in [3.8, 4) is 6.07 Å². The van der Waals surface area contributed by atoms with E-state index < -0.39 is 0 Å². The molecular weight excluding hydrogens is 288 g/mol. The molecule has 3 rings (SSSR count). The highest BCUT2D eigenvalue weighted by Gasteiger charge is 2.29. The summed E-state index contributed by atoms with van der Waals surface area (Å²) in [6, 6.07) is 12.9. The van der Waals surface area contributed by atoms with E-state index in [1.165, 1.54) is 5.56 Å². The van der Waals surface area contributed by atoms with Crippen LogP contribution >= 0.6 is 0 Å². The predicted octanol–water partition coefficient (Wildman–Crippen LogP) is 1.37. The van der Waals surface area contributed by atoms with E-state index in [1.807, 2.05) is 6.07 Å². The highest BCUT2D eigenvalue weighted by atomic mass is 16.2. The van der Waals surface area contributed by atoms with Crippen LogP contribution in [0.2, 0.25) is 0 Å². The van der Waals surface area contributed by atoms with E-state index in [4.69, 9.17) is 5.26 Å². The van der Waals surface area contributed by atoms with Crippen LogP contribution in [0.5, 0.6) is 0 Å². The summed E-state index contributed by atoms with van der Waals surface area (Å²) in [6.45, 7) is 4.08.